The molecule has 0 saturated carbocycles. The predicted molar refractivity (Wildman–Crippen MR) is 107 cm³/mol. The summed E-state index contributed by atoms with van der Waals surface area (Å²) < 4.78 is 2.41. The largest absolute Gasteiger partial charge is 0.506 e. The third-order valence-electron chi connectivity index (χ3n) is 3.66. The lowest BCUT2D eigenvalue weighted by atomic mass is 10.2. The van der Waals surface area contributed by atoms with Crippen molar-refractivity contribution in [3.63, 3.8) is 0 Å². The molecule has 1 aromatic heterocycles. The van der Waals surface area contributed by atoms with Gasteiger partial charge in [-0.15, -0.1) is 0 Å². The van der Waals surface area contributed by atoms with E-state index in [-0.39, 0.29) is 17.2 Å². The maximum atomic E-state index is 12.8. The molecule has 0 bridgehead atoms. The lowest BCUT2D eigenvalue weighted by Gasteiger charge is -2.11. The highest BCUT2D eigenvalue weighted by molar-refractivity contribution is 9.11. The third kappa shape index (κ3) is 3.52. The second-order valence-electron chi connectivity index (χ2n) is 5.84. The van der Waals surface area contributed by atoms with Crippen molar-refractivity contribution in [2.24, 2.45) is 5.10 Å². The molecular formula is C18H15Br2N3O2. The van der Waals surface area contributed by atoms with E-state index in [4.69, 9.17) is 0 Å². The van der Waals surface area contributed by atoms with E-state index in [2.05, 4.69) is 41.9 Å². The fraction of sp³-hybridized carbons (Fsp3) is 0.167. The van der Waals surface area contributed by atoms with E-state index in [9.17, 15) is 9.90 Å². The first-order valence-electron chi connectivity index (χ1n) is 7.62. The monoisotopic (exact) mass is 463 g/mol. The highest BCUT2D eigenvalue weighted by atomic mass is 79.9. The Morgan fingerprint density at radius 3 is 2.48 bits per heavy atom. The van der Waals surface area contributed by atoms with Crippen LogP contribution < -0.4 is 5.56 Å². The van der Waals surface area contributed by atoms with Crippen LogP contribution in [0.3, 0.4) is 0 Å². The molecule has 0 saturated heterocycles. The van der Waals surface area contributed by atoms with Crippen LogP contribution in [0.15, 0.2) is 55.2 Å². The Bertz CT molecular complexity index is 1020. The number of benzene rings is 2. The number of para-hydroxylation sites is 1. The van der Waals surface area contributed by atoms with Crippen molar-refractivity contribution in [2.45, 2.75) is 19.8 Å². The van der Waals surface area contributed by atoms with Gasteiger partial charge in [0.15, 0.2) is 0 Å². The van der Waals surface area contributed by atoms with E-state index >= 15 is 0 Å². The summed E-state index contributed by atoms with van der Waals surface area (Å²) in [6, 6.07) is 10.7. The van der Waals surface area contributed by atoms with E-state index in [1.54, 1.807) is 24.4 Å². The normalized spacial score (nSPS) is 11.7. The van der Waals surface area contributed by atoms with Crippen LogP contribution in [0.1, 0.15) is 31.2 Å². The van der Waals surface area contributed by atoms with Gasteiger partial charge in [0.2, 0.25) is 0 Å². The fourth-order valence-corrected chi connectivity index (χ4v) is 3.63. The average molecular weight is 465 g/mol. The Kier molecular flexibility index (Phi) is 5.06. The van der Waals surface area contributed by atoms with Crippen LogP contribution in [0.2, 0.25) is 0 Å². The van der Waals surface area contributed by atoms with E-state index in [0.29, 0.717) is 25.7 Å². The van der Waals surface area contributed by atoms with Crippen molar-refractivity contribution in [3.8, 4) is 5.75 Å². The Labute approximate surface area is 161 Å². The van der Waals surface area contributed by atoms with Crippen LogP contribution in [-0.2, 0) is 0 Å². The zero-order chi connectivity index (χ0) is 18.1. The van der Waals surface area contributed by atoms with Crippen molar-refractivity contribution >= 4 is 49.0 Å². The molecule has 1 N–H and O–H groups in total. The van der Waals surface area contributed by atoms with Gasteiger partial charge in [0.25, 0.3) is 5.56 Å². The lowest BCUT2D eigenvalue weighted by Crippen LogP contribution is -2.23. The Hall–Kier alpha value is -1.99. The van der Waals surface area contributed by atoms with Crippen LogP contribution in [0.4, 0.5) is 0 Å². The molecule has 3 rings (SSSR count). The molecule has 0 unspecified atom stereocenters. The Balaban J connectivity index is 2.16. The molecular weight excluding hydrogens is 450 g/mol. The molecule has 25 heavy (non-hydrogen) atoms. The van der Waals surface area contributed by atoms with Gasteiger partial charge in [-0.3, -0.25) is 4.79 Å². The van der Waals surface area contributed by atoms with E-state index in [1.807, 2.05) is 32.0 Å². The predicted octanol–water partition coefficient (Wildman–Crippen LogP) is 4.63. The van der Waals surface area contributed by atoms with E-state index < -0.39 is 0 Å². The summed E-state index contributed by atoms with van der Waals surface area (Å²) in [6.45, 7) is 3.94. The second-order valence-corrected chi connectivity index (χ2v) is 7.55. The van der Waals surface area contributed by atoms with Crippen LogP contribution in [0, 0.1) is 0 Å². The highest BCUT2D eigenvalue weighted by Crippen LogP contribution is 2.32. The van der Waals surface area contributed by atoms with Crippen LogP contribution in [0.25, 0.3) is 10.9 Å². The molecule has 0 aliphatic carbocycles. The Morgan fingerprint density at radius 2 is 1.84 bits per heavy atom. The zero-order valence-corrected chi connectivity index (χ0v) is 16.7. The van der Waals surface area contributed by atoms with Crippen LogP contribution >= 0.6 is 31.9 Å². The number of fused-ring (bicyclic) bond motifs is 1. The van der Waals surface area contributed by atoms with Crippen LogP contribution in [0.5, 0.6) is 5.75 Å². The molecule has 1 heterocycles. The maximum absolute atomic E-state index is 12.8. The van der Waals surface area contributed by atoms with Gasteiger partial charge in [-0.25, -0.2) is 4.98 Å². The fourth-order valence-electron chi connectivity index (χ4n) is 2.41. The molecule has 0 fully saturated rings. The van der Waals surface area contributed by atoms with Crippen molar-refractivity contribution in [1.29, 1.82) is 0 Å². The minimum absolute atomic E-state index is 0.0350. The summed E-state index contributed by atoms with van der Waals surface area (Å²) in [4.78, 5) is 17.4. The van der Waals surface area contributed by atoms with Gasteiger partial charge < -0.3 is 5.11 Å². The Morgan fingerprint density at radius 1 is 1.20 bits per heavy atom. The summed E-state index contributed by atoms with van der Waals surface area (Å²) in [5.74, 6) is 0.745. The number of aromatic hydroxyl groups is 1. The smallest absolute Gasteiger partial charge is 0.282 e. The van der Waals surface area contributed by atoms with Gasteiger partial charge in [-0.05, 0) is 61.7 Å². The number of rotatable bonds is 3. The summed E-state index contributed by atoms with van der Waals surface area (Å²) in [6.07, 6.45) is 1.57. The van der Waals surface area contributed by atoms with Crippen molar-refractivity contribution in [1.82, 2.24) is 9.66 Å². The minimum atomic E-state index is -0.206. The minimum Gasteiger partial charge on any atom is -0.506 e. The van der Waals surface area contributed by atoms with Gasteiger partial charge in [0, 0.05) is 5.92 Å². The standard InChI is InChI=1S/C18H15Br2N3O2/c1-10(2)17-22-15-6-4-3-5-12(15)18(25)23(17)21-9-11-7-13(19)16(24)14(20)8-11/h3-10,24H,1-2H3. The number of hydrogen-bond acceptors (Lipinski definition) is 4. The first-order chi connectivity index (χ1) is 11.9. The molecule has 0 aliphatic heterocycles. The van der Waals surface area contributed by atoms with Gasteiger partial charge in [0.05, 0.1) is 26.1 Å². The first-order valence-corrected chi connectivity index (χ1v) is 9.21. The van der Waals surface area contributed by atoms with Gasteiger partial charge in [-0.1, -0.05) is 26.0 Å². The summed E-state index contributed by atoms with van der Waals surface area (Å²) in [5, 5.41) is 14.7. The topological polar surface area (TPSA) is 67.5 Å². The molecule has 0 radical (unpaired) electrons. The second kappa shape index (κ2) is 7.09. The third-order valence-corrected chi connectivity index (χ3v) is 4.87. The number of hydrogen-bond donors (Lipinski definition) is 1. The molecule has 2 aromatic carbocycles. The zero-order valence-electron chi connectivity index (χ0n) is 13.6. The molecule has 3 aromatic rings. The van der Waals surface area contributed by atoms with E-state index in [0.717, 1.165) is 5.56 Å². The highest BCUT2D eigenvalue weighted by Gasteiger charge is 2.13. The van der Waals surface area contributed by atoms with Crippen molar-refractivity contribution in [2.75, 3.05) is 0 Å². The SMILES string of the molecule is CC(C)c1nc2ccccc2c(=O)n1N=Cc1cc(Br)c(O)c(Br)c1. The van der Waals surface area contributed by atoms with Crippen LogP contribution in [-0.4, -0.2) is 21.0 Å². The molecule has 5 nitrogen and oxygen atoms in total. The first kappa shape index (κ1) is 17.8. The van der Waals surface area contributed by atoms with Gasteiger partial charge in [-0.2, -0.15) is 9.78 Å². The molecule has 7 heteroatoms. The number of phenolic OH excluding ortho intramolecular Hbond substituents is 1. The van der Waals surface area contributed by atoms with Crippen molar-refractivity contribution in [3.05, 3.63) is 67.1 Å². The molecule has 0 amide bonds. The average Bonchev–Trinajstić information content (AvgIpc) is 2.58. The summed E-state index contributed by atoms with van der Waals surface area (Å²) in [5.41, 5.74) is 1.19. The molecule has 0 aliphatic rings. The number of nitrogens with zero attached hydrogens (tertiary/aromatic N) is 3. The molecule has 0 atom stereocenters. The lowest BCUT2D eigenvalue weighted by molar-refractivity contribution is 0.468. The molecule has 128 valence electrons. The van der Waals surface area contributed by atoms with Crippen molar-refractivity contribution < 1.29 is 5.11 Å². The number of aromatic nitrogens is 2. The number of halogens is 2. The summed E-state index contributed by atoms with van der Waals surface area (Å²) in [7, 11) is 0. The van der Waals surface area contributed by atoms with Gasteiger partial charge >= 0.3 is 0 Å². The summed E-state index contributed by atoms with van der Waals surface area (Å²) >= 11 is 6.57. The van der Waals surface area contributed by atoms with Gasteiger partial charge in [0.1, 0.15) is 11.6 Å². The molecule has 0 spiro atoms. The quantitative estimate of drug-likeness (QED) is 0.574. The maximum Gasteiger partial charge on any atom is 0.282 e. The number of phenols is 1. The van der Waals surface area contributed by atoms with E-state index in [1.165, 1.54) is 4.68 Å².